The summed E-state index contributed by atoms with van der Waals surface area (Å²) in [5.74, 6) is 0.241. The van der Waals surface area contributed by atoms with E-state index in [0.717, 1.165) is 31.6 Å². The Bertz CT molecular complexity index is 231. The smallest absolute Gasteiger partial charge is 0.327 e. The van der Waals surface area contributed by atoms with Gasteiger partial charge >= 0.3 is 5.97 Å². The van der Waals surface area contributed by atoms with Crippen molar-refractivity contribution in [3.05, 3.63) is 0 Å². The first-order valence-electron chi connectivity index (χ1n) is 4.87. The van der Waals surface area contributed by atoms with Gasteiger partial charge in [-0.15, -0.1) is 0 Å². The third-order valence-electron chi connectivity index (χ3n) is 2.20. The van der Waals surface area contributed by atoms with Crippen LogP contribution in [0, 0.1) is 0 Å². The number of thiol groups is 1. The minimum Gasteiger partial charge on any atom is -0.480 e. The number of carboxylic acids is 1. The van der Waals surface area contributed by atoms with Gasteiger partial charge in [-0.25, -0.2) is 4.79 Å². The van der Waals surface area contributed by atoms with Crippen LogP contribution in [0.3, 0.4) is 0 Å². The number of amidine groups is 1. The minimum absolute atomic E-state index is 0.286. The lowest BCUT2D eigenvalue weighted by molar-refractivity contribution is -0.138. The van der Waals surface area contributed by atoms with E-state index in [1.165, 1.54) is 6.42 Å². The van der Waals surface area contributed by atoms with Crippen molar-refractivity contribution in [2.45, 2.75) is 31.7 Å². The predicted octanol–water partition coefficient (Wildman–Crippen LogP) is 0.931. The second-order valence-electron chi connectivity index (χ2n) is 3.36. The molecule has 1 aliphatic rings. The van der Waals surface area contributed by atoms with E-state index in [2.05, 4.69) is 22.9 Å². The normalized spacial score (nSPS) is 19.4. The van der Waals surface area contributed by atoms with Gasteiger partial charge in [0.15, 0.2) is 0 Å². The van der Waals surface area contributed by atoms with Crippen LogP contribution in [-0.4, -0.2) is 35.3 Å². The number of nitrogens with zero attached hydrogens (tertiary/aromatic N) is 1. The van der Waals surface area contributed by atoms with Crippen molar-refractivity contribution in [2.75, 3.05) is 12.3 Å². The van der Waals surface area contributed by atoms with E-state index in [-0.39, 0.29) is 5.75 Å². The van der Waals surface area contributed by atoms with Crippen LogP contribution < -0.4 is 5.32 Å². The van der Waals surface area contributed by atoms with Crippen LogP contribution in [0.25, 0.3) is 0 Å². The maximum Gasteiger partial charge on any atom is 0.327 e. The van der Waals surface area contributed by atoms with Gasteiger partial charge in [0.25, 0.3) is 0 Å². The van der Waals surface area contributed by atoms with Gasteiger partial charge in [-0.3, -0.25) is 4.99 Å². The van der Waals surface area contributed by atoms with Gasteiger partial charge in [-0.1, -0.05) is 6.42 Å². The van der Waals surface area contributed by atoms with Crippen molar-refractivity contribution in [1.29, 1.82) is 0 Å². The van der Waals surface area contributed by atoms with Crippen molar-refractivity contribution in [3.8, 4) is 0 Å². The van der Waals surface area contributed by atoms with Crippen LogP contribution in [0.1, 0.15) is 25.7 Å². The summed E-state index contributed by atoms with van der Waals surface area (Å²) in [6, 6.07) is -0.616. The molecule has 2 N–H and O–H groups in total. The molecule has 5 heteroatoms. The molecule has 0 unspecified atom stereocenters. The Kier molecular flexibility index (Phi) is 4.79. The van der Waals surface area contributed by atoms with Gasteiger partial charge < -0.3 is 10.4 Å². The fourth-order valence-corrected chi connectivity index (χ4v) is 1.63. The minimum atomic E-state index is -0.869. The largest absolute Gasteiger partial charge is 0.480 e. The second kappa shape index (κ2) is 5.90. The summed E-state index contributed by atoms with van der Waals surface area (Å²) in [6.07, 6.45) is 4.22. The van der Waals surface area contributed by atoms with Crippen LogP contribution in [0.4, 0.5) is 0 Å². The number of carbonyl (C=O) groups is 1. The molecule has 0 spiro atoms. The third-order valence-corrected chi connectivity index (χ3v) is 2.56. The maximum absolute atomic E-state index is 10.7. The van der Waals surface area contributed by atoms with Gasteiger partial charge in [0.05, 0.1) is 5.84 Å². The lowest BCUT2D eigenvalue weighted by atomic mass is 10.2. The number of hydrogen-bond acceptors (Lipinski definition) is 4. The Morgan fingerprint density at radius 1 is 1.57 bits per heavy atom. The van der Waals surface area contributed by atoms with Crippen LogP contribution in [0.5, 0.6) is 0 Å². The molecule has 14 heavy (non-hydrogen) atoms. The fourth-order valence-electron chi connectivity index (χ4n) is 1.38. The van der Waals surface area contributed by atoms with Crippen molar-refractivity contribution < 1.29 is 9.90 Å². The van der Waals surface area contributed by atoms with Gasteiger partial charge in [0.1, 0.15) is 6.04 Å². The lowest BCUT2D eigenvalue weighted by Gasteiger charge is -2.14. The Hall–Kier alpha value is -0.710. The number of carboxylic acid groups (broad SMARTS) is 1. The molecule has 0 amide bonds. The van der Waals surface area contributed by atoms with E-state index in [1.54, 1.807) is 0 Å². The molecular formula is C9H16N2O2S. The number of hydrogen-bond donors (Lipinski definition) is 3. The van der Waals surface area contributed by atoms with Crippen LogP contribution >= 0.6 is 12.6 Å². The zero-order valence-corrected chi connectivity index (χ0v) is 8.96. The zero-order chi connectivity index (χ0) is 10.4. The van der Waals surface area contributed by atoms with Gasteiger partial charge in [0.2, 0.25) is 0 Å². The van der Waals surface area contributed by atoms with Crippen LogP contribution in [-0.2, 0) is 4.79 Å². The highest BCUT2D eigenvalue weighted by Crippen LogP contribution is 2.06. The Labute approximate surface area is 89.2 Å². The summed E-state index contributed by atoms with van der Waals surface area (Å²) in [6.45, 7) is 0.807. The highest BCUT2D eigenvalue weighted by atomic mass is 32.1. The van der Waals surface area contributed by atoms with E-state index in [4.69, 9.17) is 5.11 Å². The second-order valence-corrected chi connectivity index (χ2v) is 3.72. The van der Waals surface area contributed by atoms with E-state index in [1.807, 2.05) is 0 Å². The number of aliphatic imine (C=N–C) groups is 1. The van der Waals surface area contributed by atoms with Crippen molar-refractivity contribution >= 4 is 24.4 Å². The standard InChI is InChI=1S/C9H16N2O2S/c12-9(13)7(6-14)11-8-4-2-1-3-5-10-8/h7,14H,1-6H2,(H,10,11)(H,12,13)/t7-/m0/s1. The van der Waals surface area contributed by atoms with Gasteiger partial charge in [-0.05, 0) is 12.8 Å². The molecule has 0 saturated carbocycles. The Morgan fingerprint density at radius 3 is 3.00 bits per heavy atom. The van der Waals surface area contributed by atoms with Crippen molar-refractivity contribution in [1.82, 2.24) is 5.32 Å². The molecule has 0 fully saturated rings. The zero-order valence-electron chi connectivity index (χ0n) is 8.07. The summed E-state index contributed by atoms with van der Waals surface area (Å²) in [4.78, 5) is 15.0. The molecule has 1 aliphatic heterocycles. The van der Waals surface area contributed by atoms with Gasteiger partial charge in [0, 0.05) is 18.7 Å². The molecule has 0 aliphatic carbocycles. The molecule has 80 valence electrons. The molecule has 0 bridgehead atoms. The highest BCUT2D eigenvalue weighted by Gasteiger charge is 2.17. The lowest BCUT2D eigenvalue weighted by Crippen LogP contribution is -2.42. The fraction of sp³-hybridized carbons (Fsp3) is 0.778. The topological polar surface area (TPSA) is 61.7 Å². The van der Waals surface area contributed by atoms with E-state index < -0.39 is 12.0 Å². The summed E-state index contributed by atoms with van der Waals surface area (Å²) in [7, 11) is 0. The van der Waals surface area contributed by atoms with E-state index in [9.17, 15) is 4.79 Å². The predicted molar refractivity (Wildman–Crippen MR) is 59.2 cm³/mol. The molecule has 1 atom stereocenters. The molecule has 4 nitrogen and oxygen atoms in total. The van der Waals surface area contributed by atoms with Crippen molar-refractivity contribution in [3.63, 3.8) is 0 Å². The highest BCUT2D eigenvalue weighted by molar-refractivity contribution is 7.80. The molecule has 0 saturated heterocycles. The number of nitrogens with one attached hydrogen (secondary N) is 1. The first-order chi connectivity index (χ1) is 6.74. The summed E-state index contributed by atoms with van der Waals surface area (Å²) >= 11 is 3.98. The quantitative estimate of drug-likeness (QED) is 0.615. The molecule has 1 rings (SSSR count). The molecular weight excluding hydrogens is 200 g/mol. The molecule has 0 aromatic rings. The number of aliphatic carboxylic acids is 1. The van der Waals surface area contributed by atoms with E-state index in [0.29, 0.717) is 0 Å². The first kappa shape index (κ1) is 11.4. The van der Waals surface area contributed by atoms with Gasteiger partial charge in [-0.2, -0.15) is 12.6 Å². The van der Waals surface area contributed by atoms with Crippen LogP contribution in [0.15, 0.2) is 4.99 Å². The Morgan fingerprint density at radius 2 is 2.36 bits per heavy atom. The Balaban J connectivity index is 2.47. The molecule has 1 heterocycles. The molecule has 0 aromatic carbocycles. The SMILES string of the molecule is O=C(O)[C@H](CS)NC1=NCCCCC1. The maximum atomic E-state index is 10.7. The average Bonchev–Trinajstić information content (AvgIpc) is 2.41. The van der Waals surface area contributed by atoms with Crippen molar-refractivity contribution in [2.24, 2.45) is 4.99 Å². The summed E-state index contributed by atoms with van der Waals surface area (Å²) in [5, 5.41) is 11.7. The average molecular weight is 216 g/mol. The third kappa shape index (κ3) is 3.57. The monoisotopic (exact) mass is 216 g/mol. The molecule has 0 radical (unpaired) electrons. The van der Waals surface area contributed by atoms with E-state index >= 15 is 0 Å². The summed E-state index contributed by atoms with van der Waals surface area (Å²) < 4.78 is 0. The molecule has 0 aromatic heterocycles. The number of rotatable bonds is 3. The van der Waals surface area contributed by atoms with Crippen LogP contribution in [0.2, 0.25) is 0 Å². The summed E-state index contributed by atoms with van der Waals surface area (Å²) in [5.41, 5.74) is 0. The first-order valence-corrected chi connectivity index (χ1v) is 5.51.